The monoisotopic (exact) mass is 356 g/mol. The fraction of sp³-hybridized carbons (Fsp3) is 0.500. The van der Waals surface area contributed by atoms with Crippen molar-refractivity contribution in [3.63, 3.8) is 0 Å². The topological polar surface area (TPSA) is 68.2 Å². The van der Waals surface area contributed by atoms with Crippen molar-refractivity contribution in [3.8, 4) is 5.75 Å². The van der Waals surface area contributed by atoms with E-state index in [1.54, 1.807) is 6.07 Å². The average molecular weight is 356 g/mol. The molecule has 26 heavy (non-hydrogen) atoms. The summed E-state index contributed by atoms with van der Waals surface area (Å²) in [5.41, 5.74) is 1.55. The van der Waals surface area contributed by atoms with Crippen LogP contribution >= 0.6 is 0 Å². The van der Waals surface area contributed by atoms with E-state index in [0.717, 1.165) is 43.7 Å². The third-order valence-electron chi connectivity index (χ3n) is 4.82. The fourth-order valence-corrected chi connectivity index (χ4v) is 3.16. The van der Waals surface area contributed by atoms with Gasteiger partial charge >= 0.3 is 0 Å². The molecule has 0 aliphatic carbocycles. The molecule has 1 aliphatic rings. The Kier molecular flexibility index (Phi) is 6.28. The highest BCUT2D eigenvalue weighted by molar-refractivity contribution is 5.92. The number of hydrogen-bond donors (Lipinski definition) is 2. The van der Waals surface area contributed by atoms with Crippen LogP contribution in [0.1, 0.15) is 48.3 Å². The normalized spacial score (nSPS) is 18.3. The van der Waals surface area contributed by atoms with Gasteiger partial charge in [-0.3, -0.25) is 9.48 Å². The molecular weight excluding hydrogens is 328 g/mol. The maximum atomic E-state index is 12.4. The van der Waals surface area contributed by atoms with Crippen molar-refractivity contribution in [2.24, 2.45) is 0 Å². The van der Waals surface area contributed by atoms with Crippen molar-refractivity contribution in [2.45, 2.75) is 45.3 Å². The summed E-state index contributed by atoms with van der Waals surface area (Å²) in [4.78, 5) is 12.4. The number of benzene rings is 1. The third kappa shape index (κ3) is 4.64. The maximum absolute atomic E-state index is 12.4. The minimum Gasteiger partial charge on any atom is -0.488 e. The summed E-state index contributed by atoms with van der Waals surface area (Å²) >= 11 is 0. The van der Waals surface area contributed by atoms with Gasteiger partial charge in [0.1, 0.15) is 17.5 Å². The number of piperidine rings is 1. The molecule has 0 saturated carbocycles. The molecule has 2 N–H and O–H groups in total. The highest BCUT2D eigenvalue weighted by atomic mass is 16.5. The Hall–Kier alpha value is -2.34. The van der Waals surface area contributed by atoms with Crippen LogP contribution in [0.5, 0.6) is 5.75 Å². The molecule has 0 radical (unpaired) electrons. The number of hydrogen-bond acceptors (Lipinski definition) is 4. The molecule has 0 bridgehead atoms. The van der Waals surface area contributed by atoms with E-state index < -0.39 is 0 Å². The molecule has 0 spiro atoms. The van der Waals surface area contributed by atoms with Gasteiger partial charge in [-0.05, 0) is 50.4 Å². The van der Waals surface area contributed by atoms with Gasteiger partial charge in [-0.25, -0.2) is 0 Å². The molecule has 2 heterocycles. The number of carbonyl (C=O) groups is 1. The van der Waals surface area contributed by atoms with Crippen LogP contribution in [0.25, 0.3) is 0 Å². The zero-order valence-electron chi connectivity index (χ0n) is 15.6. The second-order valence-electron chi connectivity index (χ2n) is 6.80. The summed E-state index contributed by atoms with van der Waals surface area (Å²) in [5, 5.41) is 10.8. The summed E-state index contributed by atoms with van der Waals surface area (Å²) in [6, 6.07) is 10.0. The van der Waals surface area contributed by atoms with Crippen molar-refractivity contribution >= 4 is 5.91 Å². The van der Waals surface area contributed by atoms with Gasteiger partial charge < -0.3 is 15.4 Å². The predicted octanol–water partition coefficient (Wildman–Crippen LogP) is 2.70. The highest BCUT2D eigenvalue weighted by Crippen LogP contribution is 2.19. The standard InChI is InChI=1S/C20H28N4O2/c1-3-17(26-19-9-5-4-7-15(19)2)14-22-20(25)18-10-12-24(23-18)16-8-6-11-21-13-16/h4-5,7,9-10,12,16-17,21H,3,6,8,11,13-14H2,1-2H3,(H,22,25). The molecule has 1 aromatic carbocycles. The molecule has 3 rings (SSSR count). The molecule has 2 atom stereocenters. The lowest BCUT2D eigenvalue weighted by molar-refractivity contribution is 0.0919. The number of aryl methyl sites for hydroxylation is 1. The van der Waals surface area contributed by atoms with Gasteiger partial charge in [0.2, 0.25) is 0 Å². The van der Waals surface area contributed by atoms with Gasteiger partial charge in [-0.15, -0.1) is 0 Å². The van der Waals surface area contributed by atoms with Gasteiger partial charge in [0, 0.05) is 12.7 Å². The number of amides is 1. The molecule has 6 nitrogen and oxygen atoms in total. The van der Waals surface area contributed by atoms with E-state index in [2.05, 4.69) is 22.7 Å². The van der Waals surface area contributed by atoms with E-state index in [-0.39, 0.29) is 12.0 Å². The molecule has 140 valence electrons. The SMILES string of the molecule is CCC(CNC(=O)c1ccn(C2CCCNC2)n1)Oc1ccccc1C. The molecule has 1 saturated heterocycles. The second kappa shape index (κ2) is 8.85. The van der Waals surface area contributed by atoms with Crippen LogP contribution < -0.4 is 15.4 Å². The van der Waals surface area contributed by atoms with Crippen molar-refractivity contribution in [3.05, 3.63) is 47.8 Å². The van der Waals surface area contributed by atoms with Crippen LogP contribution in [0.4, 0.5) is 0 Å². The Bertz CT molecular complexity index is 722. The molecule has 2 aromatic rings. The van der Waals surface area contributed by atoms with Crippen LogP contribution in [0.3, 0.4) is 0 Å². The Morgan fingerprint density at radius 2 is 2.27 bits per heavy atom. The largest absolute Gasteiger partial charge is 0.488 e. The lowest BCUT2D eigenvalue weighted by Crippen LogP contribution is -2.35. The second-order valence-corrected chi connectivity index (χ2v) is 6.80. The van der Waals surface area contributed by atoms with Crippen molar-refractivity contribution < 1.29 is 9.53 Å². The Morgan fingerprint density at radius 3 is 3.00 bits per heavy atom. The summed E-state index contributed by atoms with van der Waals surface area (Å²) < 4.78 is 7.94. The number of nitrogens with zero attached hydrogens (tertiary/aromatic N) is 2. The van der Waals surface area contributed by atoms with E-state index in [4.69, 9.17) is 4.74 Å². The van der Waals surface area contributed by atoms with Gasteiger partial charge in [0.15, 0.2) is 0 Å². The lowest BCUT2D eigenvalue weighted by Gasteiger charge is -2.23. The van der Waals surface area contributed by atoms with Gasteiger partial charge in [0.05, 0.1) is 12.6 Å². The number of rotatable bonds is 7. The fourth-order valence-electron chi connectivity index (χ4n) is 3.16. The van der Waals surface area contributed by atoms with Gasteiger partial charge in [-0.2, -0.15) is 5.10 Å². The number of para-hydroxylation sites is 1. The summed E-state index contributed by atoms with van der Waals surface area (Å²) in [7, 11) is 0. The van der Waals surface area contributed by atoms with Crippen LogP contribution in [0.2, 0.25) is 0 Å². The number of ether oxygens (including phenoxy) is 1. The van der Waals surface area contributed by atoms with Crippen LogP contribution in [0, 0.1) is 6.92 Å². The first-order valence-corrected chi connectivity index (χ1v) is 9.43. The smallest absolute Gasteiger partial charge is 0.271 e. The molecular formula is C20H28N4O2. The number of carbonyl (C=O) groups excluding carboxylic acids is 1. The highest BCUT2D eigenvalue weighted by Gasteiger charge is 2.18. The van der Waals surface area contributed by atoms with E-state index >= 15 is 0 Å². The number of nitrogens with one attached hydrogen (secondary N) is 2. The van der Waals surface area contributed by atoms with Gasteiger partial charge in [0.25, 0.3) is 5.91 Å². The maximum Gasteiger partial charge on any atom is 0.271 e. The zero-order valence-corrected chi connectivity index (χ0v) is 15.6. The minimum absolute atomic E-state index is 0.0651. The van der Waals surface area contributed by atoms with Crippen LogP contribution in [-0.4, -0.2) is 41.4 Å². The molecule has 1 aromatic heterocycles. The Labute approximate surface area is 154 Å². The average Bonchev–Trinajstić information content (AvgIpc) is 3.17. The first-order chi connectivity index (χ1) is 12.7. The summed E-state index contributed by atoms with van der Waals surface area (Å²) in [5.74, 6) is 0.710. The zero-order chi connectivity index (χ0) is 18.4. The molecule has 1 fully saturated rings. The summed E-state index contributed by atoms with van der Waals surface area (Å²) in [6.45, 7) is 6.50. The van der Waals surface area contributed by atoms with Crippen molar-refractivity contribution in [2.75, 3.05) is 19.6 Å². The molecule has 2 unspecified atom stereocenters. The first kappa shape index (κ1) is 18.5. The van der Waals surface area contributed by atoms with E-state index in [9.17, 15) is 4.79 Å². The van der Waals surface area contributed by atoms with Crippen molar-refractivity contribution in [1.29, 1.82) is 0 Å². The minimum atomic E-state index is -0.153. The van der Waals surface area contributed by atoms with E-state index in [1.165, 1.54) is 0 Å². The molecule has 1 amide bonds. The van der Waals surface area contributed by atoms with Gasteiger partial charge in [-0.1, -0.05) is 25.1 Å². The first-order valence-electron chi connectivity index (χ1n) is 9.43. The quantitative estimate of drug-likeness (QED) is 0.800. The van der Waals surface area contributed by atoms with Crippen molar-refractivity contribution in [1.82, 2.24) is 20.4 Å². The summed E-state index contributed by atoms with van der Waals surface area (Å²) in [6.07, 6.45) is 4.88. The number of aromatic nitrogens is 2. The van der Waals surface area contributed by atoms with E-state index in [1.807, 2.05) is 42.1 Å². The van der Waals surface area contributed by atoms with E-state index in [0.29, 0.717) is 18.3 Å². The lowest BCUT2D eigenvalue weighted by atomic mass is 10.1. The Morgan fingerprint density at radius 1 is 1.42 bits per heavy atom. The third-order valence-corrected chi connectivity index (χ3v) is 4.82. The molecule has 6 heteroatoms. The van der Waals surface area contributed by atoms with Crippen LogP contribution in [-0.2, 0) is 0 Å². The molecule has 1 aliphatic heterocycles. The predicted molar refractivity (Wildman–Crippen MR) is 102 cm³/mol. The Balaban J connectivity index is 1.54. The van der Waals surface area contributed by atoms with Crippen LogP contribution in [0.15, 0.2) is 36.5 Å².